The molecule has 0 radical (unpaired) electrons. The lowest BCUT2D eigenvalue weighted by Crippen LogP contribution is -2.45. The number of hydrogen-bond acceptors (Lipinski definition) is 3. The first kappa shape index (κ1) is 21.7. The zero-order chi connectivity index (χ0) is 21.7. The van der Waals surface area contributed by atoms with E-state index in [1.807, 2.05) is 69.3 Å². The highest BCUT2D eigenvalue weighted by atomic mass is 32.2. The van der Waals surface area contributed by atoms with E-state index in [1.165, 1.54) is 0 Å². The summed E-state index contributed by atoms with van der Waals surface area (Å²) in [5, 5.41) is 2.89. The van der Waals surface area contributed by atoms with Crippen LogP contribution in [-0.2, 0) is 21.2 Å². The maximum Gasteiger partial charge on any atom is 0.242 e. The molecule has 0 bridgehead atoms. The molecule has 1 atom stereocenters. The van der Waals surface area contributed by atoms with Crippen molar-refractivity contribution in [3.63, 3.8) is 0 Å². The SMILES string of the molecule is Cc1ccc(S(=O)(=O)N[C@@H](Cc2ccccc2)C(=O)Nc2cc(C)ccc2C)cc1. The molecular formula is C24H26N2O3S. The first-order valence-electron chi connectivity index (χ1n) is 9.75. The second kappa shape index (κ2) is 9.24. The fourth-order valence-corrected chi connectivity index (χ4v) is 4.30. The van der Waals surface area contributed by atoms with E-state index in [0.717, 1.165) is 22.3 Å². The molecule has 3 rings (SSSR count). The van der Waals surface area contributed by atoms with E-state index in [2.05, 4.69) is 10.0 Å². The summed E-state index contributed by atoms with van der Waals surface area (Å²) >= 11 is 0. The molecule has 3 aromatic rings. The van der Waals surface area contributed by atoms with Crippen LogP contribution in [0.5, 0.6) is 0 Å². The summed E-state index contributed by atoms with van der Waals surface area (Å²) in [7, 11) is -3.86. The summed E-state index contributed by atoms with van der Waals surface area (Å²) in [6.07, 6.45) is 0.239. The Morgan fingerprint density at radius 3 is 2.17 bits per heavy atom. The second-order valence-corrected chi connectivity index (χ2v) is 9.20. The smallest absolute Gasteiger partial charge is 0.242 e. The van der Waals surface area contributed by atoms with Gasteiger partial charge in [-0.3, -0.25) is 4.79 Å². The average Bonchev–Trinajstić information content (AvgIpc) is 2.71. The van der Waals surface area contributed by atoms with Gasteiger partial charge in [0.25, 0.3) is 0 Å². The molecule has 3 aromatic carbocycles. The summed E-state index contributed by atoms with van der Waals surface area (Å²) in [4.78, 5) is 13.2. The highest BCUT2D eigenvalue weighted by Gasteiger charge is 2.26. The van der Waals surface area contributed by atoms with Gasteiger partial charge in [-0.1, -0.05) is 60.2 Å². The number of benzene rings is 3. The predicted molar refractivity (Wildman–Crippen MR) is 120 cm³/mol. The highest BCUT2D eigenvalue weighted by Crippen LogP contribution is 2.18. The normalized spacial score (nSPS) is 12.4. The van der Waals surface area contributed by atoms with Crippen molar-refractivity contribution in [1.82, 2.24) is 4.72 Å². The Bertz CT molecular complexity index is 1120. The molecule has 30 heavy (non-hydrogen) atoms. The Labute approximate surface area is 178 Å². The van der Waals surface area contributed by atoms with Crippen LogP contribution in [0.4, 0.5) is 5.69 Å². The van der Waals surface area contributed by atoms with Gasteiger partial charge in [0.2, 0.25) is 15.9 Å². The van der Waals surface area contributed by atoms with Gasteiger partial charge in [-0.15, -0.1) is 0 Å². The van der Waals surface area contributed by atoms with Crippen molar-refractivity contribution < 1.29 is 13.2 Å². The third-order valence-corrected chi connectivity index (χ3v) is 6.37. The Kier molecular flexibility index (Phi) is 6.70. The minimum atomic E-state index is -3.86. The molecule has 5 nitrogen and oxygen atoms in total. The van der Waals surface area contributed by atoms with Crippen LogP contribution in [0.3, 0.4) is 0 Å². The average molecular weight is 423 g/mol. The van der Waals surface area contributed by atoms with Crippen molar-refractivity contribution in [3.05, 3.63) is 95.1 Å². The molecule has 0 spiro atoms. The van der Waals surface area contributed by atoms with Crippen LogP contribution < -0.4 is 10.0 Å². The number of carbonyl (C=O) groups excluding carboxylic acids is 1. The number of aryl methyl sites for hydroxylation is 3. The topological polar surface area (TPSA) is 75.3 Å². The monoisotopic (exact) mass is 422 g/mol. The largest absolute Gasteiger partial charge is 0.324 e. The molecule has 0 aliphatic rings. The van der Waals surface area contributed by atoms with E-state index < -0.39 is 22.0 Å². The van der Waals surface area contributed by atoms with Crippen LogP contribution in [-0.4, -0.2) is 20.4 Å². The van der Waals surface area contributed by atoms with Gasteiger partial charge < -0.3 is 5.32 Å². The van der Waals surface area contributed by atoms with Gasteiger partial charge in [0, 0.05) is 5.69 Å². The molecule has 0 fully saturated rings. The first-order chi connectivity index (χ1) is 14.2. The van der Waals surface area contributed by atoms with Crippen LogP contribution in [0.25, 0.3) is 0 Å². The molecular weight excluding hydrogens is 396 g/mol. The van der Waals surface area contributed by atoms with Crippen LogP contribution in [0.1, 0.15) is 22.3 Å². The molecule has 0 unspecified atom stereocenters. The molecule has 156 valence electrons. The minimum absolute atomic E-state index is 0.130. The molecule has 6 heteroatoms. The molecule has 0 heterocycles. The lowest BCUT2D eigenvalue weighted by Gasteiger charge is -2.20. The Morgan fingerprint density at radius 2 is 1.50 bits per heavy atom. The number of amides is 1. The maximum atomic E-state index is 13.1. The van der Waals surface area contributed by atoms with Gasteiger partial charge in [0.15, 0.2) is 0 Å². The Morgan fingerprint density at radius 1 is 0.867 bits per heavy atom. The number of carbonyl (C=O) groups is 1. The fourth-order valence-electron chi connectivity index (χ4n) is 3.10. The summed E-state index contributed by atoms with van der Waals surface area (Å²) in [5.41, 5.74) is 4.42. The number of hydrogen-bond donors (Lipinski definition) is 2. The Hall–Kier alpha value is -2.96. The summed E-state index contributed by atoms with van der Waals surface area (Å²) in [6.45, 7) is 5.73. The van der Waals surface area contributed by atoms with E-state index >= 15 is 0 Å². The van der Waals surface area contributed by atoms with Gasteiger partial charge in [-0.25, -0.2) is 8.42 Å². The van der Waals surface area contributed by atoms with Gasteiger partial charge in [-0.2, -0.15) is 4.72 Å². The molecule has 0 aliphatic carbocycles. The zero-order valence-corrected chi connectivity index (χ0v) is 18.2. The highest BCUT2D eigenvalue weighted by molar-refractivity contribution is 7.89. The van der Waals surface area contributed by atoms with Crippen molar-refractivity contribution in [1.29, 1.82) is 0 Å². The molecule has 0 saturated heterocycles. The van der Waals surface area contributed by atoms with E-state index in [-0.39, 0.29) is 11.3 Å². The van der Waals surface area contributed by atoms with Gasteiger partial charge in [0.1, 0.15) is 6.04 Å². The maximum absolute atomic E-state index is 13.1. The van der Waals surface area contributed by atoms with Crippen LogP contribution in [0.2, 0.25) is 0 Å². The summed E-state index contributed by atoms with van der Waals surface area (Å²) in [6, 6.07) is 20.7. The third-order valence-electron chi connectivity index (χ3n) is 4.88. The van der Waals surface area contributed by atoms with Crippen molar-refractivity contribution in [3.8, 4) is 0 Å². The van der Waals surface area contributed by atoms with Crippen molar-refractivity contribution in [2.45, 2.75) is 38.1 Å². The van der Waals surface area contributed by atoms with Crippen molar-refractivity contribution in [2.75, 3.05) is 5.32 Å². The fraction of sp³-hybridized carbons (Fsp3) is 0.208. The lowest BCUT2D eigenvalue weighted by molar-refractivity contribution is -0.117. The molecule has 0 saturated carbocycles. The number of rotatable bonds is 7. The quantitative estimate of drug-likeness (QED) is 0.601. The van der Waals surface area contributed by atoms with E-state index in [9.17, 15) is 13.2 Å². The number of anilines is 1. The van der Waals surface area contributed by atoms with Crippen LogP contribution >= 0.6 is 0 Å². The molecule has 2 N–H and O–H groups in total. The first-order valence-corrected chi connectivity index (χ1v) is 11.2. The van der Waals surface area contributed by atoms with Crippen molar-refractivity contribution >= 4 is 21.6 Å². The predicted octanol–water partition coefficient (Wildman–Crippen LogP) is 4.14. The standard InChI is InChI=1S/C24H26N2O3S/c1-17-10-13-21(14-11-17)30(28,29)26-23(16-20-7-5-4-6-8-20)24(27)25-22-15-18(2)9-12-19(22)3/h4-15,23,26H,16H2,1-3H3,(H,25,27)/t23-/m0/s1. The minimum Gasteiger partial charge on any atom is -0.324 e. The van der Waals surface area contributed by atoms with E-state index in [4.69, 9.17) is 0 Å². The van der Waals surface area contributed by atoms with Crippen LogP contribution in [0.15, 0.2) is 77.7 Å². The number of sulfonamides is 1. The van der Waals surface area contributed by atoms with Gasteiger partial charge in [-0.05, 0) is 62.1 Å². The zero-order valence-electron chi connectivity index (χ0n) is 17.3. The molecule has 1 amide bonds. The lowest BCUT2D eigenvalue weighted by atomic mass is 10.1. The van der Waals surface area contributed by atoms with Crippen LogP contribution in [0, 0.1) is 20.8 Å². The van der Waals surface area contributed by atoms with Gasteiger partial charge in [0.05, 0.1) is 4.90 Å². The Balaban J connectivity index is 1.88. The van der Waals surface area contributed by atoms with Gasteiger partial charge >= 0.3 is 0 Å². The van der Waals surface area contributed by atoms with Crippen molar-refractivity contribution in [2.24, 2.45) is 0 Å². The second-order valence-electron chi connectivity index (χ2n) is 7.48. The third kappa shape index (κ3) is 5.55. The number of nitrogens with one attached hydrogen (secondary N) is 2. The van der Waals surface area contributed by atoms with E-state index in [0.29, 0.717) is 5.69 Å². The molecule has 0 aliphatic heterocycles. The summed E-state index contributed by atoms with van der Waals surface area (Å²) in [5.74, 6) is -0.400. The summed E-state index contributed by atoms with van der Waals surface area (Å²) < 4.78 is 28.5. The van der Waals surface area contributed by atoms with E-state index in [1.54, 1.807) is 24.3 Å². The molecule has 0 aromatic heterocycles.